The van der Waals surface area contributed by atoms with Gasteiger partial charge in [0.15, 0.2) is 0 Å². The number of nitrogens with zero attached hydrogens (tertiary/aromatic N) is 2. The van der Waals surface area contributed by atoms with Crippen LogP contribution in [0.2, 0.25) is 0 Å². The molecule has 0 aromatic rings. The first kappa shape index (κ1) is 17.7. The maximum Gasteiger partial charge on any atom is 0.233 e. The molecule has 2 saturated carbocycles. The van der Waals surface area contributed by atoms with Crippen molar-refractivity contribution < 1.29 is 19.2 Å². The summed E-state index contributed by atoms with van der Waals surface area (Å²) in [5, 5.41) is 0. The molecule has 142 valence electrons. The van der Waals surface area contributed by atoms with Gasteiger partial charge < -0.3 is 0 Å². The van der Waals surface area contributed by atoms with E-state index in [-0.39, 0.29) is 47.3 Å². The summed E-state index contributed by atoms with van der Waals surface area (Å²) >= 11 is 0. The fraction of sp³-hybridized carbons (Fsp3) is 0.800. The van der Waals surface area contributed by atoms with Gasteiger partial charge in [0, 0.05) is 13.1 Å². The first-order valence-electron chi connectivity index (χ1n) is 10.3. The van der Waals surface area contributed by atoms with Crippen LogP contribution in [0.3, 0.4) is 0 Å². The van der Waals surface area contributed by atoms with E-state index in [1.54, 1.807) is 0 Å². The fourth-order valence-corrected chi connectivity index (χ4v) is 5.44. The Morgan fingerprint density at radius 1 is 0.538 bits per heavy atom. The Labute approximate surface area is 154 Å². The van der Waals surface area contributed by atoms with E-state index >= 15 is 0 Å². The molecule has 0 aromatic heterocycles. The van der Waals surface area contributed by atoms with Gasteiger partial charge in [0.05, 0.1) is 23.7 Å². The third-order valence-electron chi connectivity index (χ3n) is 6.88. The number of likely N-dealkylation sites (tertiary alicyclic amines) is 2. The molecule has 0 unspecified atom stereocenters. The normalized spacial score (nSPS) is 34.5. The second-order valence-corrected chi connectivity index (χ2v) is 8.36. The molecule has 4 amide bonds. The average molecular weight is 360 g/mol. The largest absolute Gasteiger partial charge is 0.282 e. The third kappa shape index (κ3) is 2.87. The number of carbonyl (C=O) groups is 4. The number of imide groups is 2. The highest BCUT2D eigenvalue weighted by Crippen LogP contribution is 2.39. The van der Waals surface area contributed by atoms with Crippen LogP contribution in [0.25, 0.3) is 0 Å². The van der Waals surface area contributed by atoms with Gasteiger partial charge in [0.1, 0.15) is 0 Å². The highest BCUT2D eigenvalue weighted by Gasteiger charge is 2.49. The molecule has 0 radical (unpaired) electrons. The van der Waals surface area contributed by atoms with E-state index < -0.39 is 0 Å². The van der Waals surface area contributed by atoms with E-state index in [2.05, 4.69) is 0 Å². The van der Waals surface area contributed by atoms with Gasteiger partial charge in [0.2, 0.25) is 23.6 Å². The highest BCUT2D eigenvalue weighted by molar-refractivity contribution is 6.05. The molecule has 26 heavy (non-hydrogen) atoms. The maximum atomic E-state index is 12.5. The lowest BCUT2D eigenvalue weighted by Crippen LogP contribution is -2.34. The monoisotopic (exact) mass is 360 g/mol. The second kappa shape index (κ2) is 7.12. The van der Waals surface area contributed by atoms with E-state index in [4.69, 9.17) is 0 Å². The molecule has 0 N–H and O–H groups in total. The van der Waals surface area contributed by atoms with Crippen LogP contribution in [0, 0.1) is 23.7 Å². The topological polar surface area (TPSA) is 74.8 Å². The molecule has 4 atom stereocenters. The van der Waals surface area contributed by atoms with Crippen molar-refractivity contribution in [1.29, 1.82) is 0 Å². The Balaban J connectivity index is 1.28. The van der Waals surface area contributed by atoms with Crippen LogP contribution in [0.1, 0.15) is 64.2 Å². The molecule has 6 nitrogen and oxygen atoms in total. The van der Waals surface area contributed by atoms with Gasteiger partial charge in [-0.15, -0.1) is 0 Å². The Bertz CT molecular complexity index is 529. The van der Waals surface area contributed by atoms with Gasteiger partial charge in [0.25, 0.3) is 0 Å². The van der Waals surface area contributed by atoms with Crippen molar-refractivity contribution in [2.75, 3.05) is 13.1 Å². The minimum atomic E-state index is -0.0962. The Morgan fingerprint density at radius 2 is 0.808 bits per heavy atom. The number of unbranched alkanes of at least 4 members (excludes halogenated alkanes) is 1. The number of hydrogen-bond acceptors (Lipinski definition) is 4. The molecule has 0 aromatic carbocycles. The van der Waals surface area contributed by atoms with E-state index in [0.29, 0.717) is 25.9 Å². The lowest BCUT2D eigenvalue weighted by molar-refractivity contribution is -0.142. The quantitative estimate of drug-likeness (QED) is 0.556. The number of rotatable bonds is 5. The van der Waals surface area contributed by atoms with Crippen LogP contribution in [-0.4, -0.2) is 46.5 Å². The van der Waals surface area contributed by atoms with Crippen molar-refractivity contribution in [3.63, 3.8) is 0 Å². The Hall–Kier alpha value is -1.72. The first-order valence-corrected chi connectivity index (χ1v) is 10.3. The molecular formula is C20H28N2O4. The van der Waals surface area contributed by atoms with Crippen LogP contribution in [0.5, 0.6) is 0 Å². The fourth-order valence-electron chi connectivity index (χ4n) is 5.44. The van der Waals surface area contributed by atoms with Gasteiger partial charge >= 0.3 is 0 Å². The number of fused-ring (bicyclic) bond motifs is 2. The average Bonchev–Trinajstić information content (AvgIpc) is 3.06. The standard InChI is InChI=1S/C20H28N2O4/c23-17-13-7-1-2-8-14(13)18(24)21(17)11-5-6-12-22-19(25)15-9-3-4-10-16(15)20(22)26/h13-16H,1-12H2/t13-,14+,15-,16+. The molecule has 4 fully saturated rings. The van der Waals surface area contributed by atoms with Gasteiger partial charge in [-0.2, -0.15) is 0 Å². The van der Waals surface area contributed by atoms with Crippen molar-refractivity contribution in [2.45, 2.75) is 64.2 Å². The summed E-state index contributed by atoms with van der Waals surface area (Å²) in [4.78, 5) is 52.7. The molecular weight excluding hydrogens is 332 g/mol. The van der Waals surface area contributed by atoms with Crippen molar-refractivity contribution in [2.24, 2.45) is 23.7 Å². The molecule has 2 heterocycles. The third-order valence-corrected chi connectivity index (χ3v) is 6.88. The molecule has 0 spiro atoms. The summed E-state index contributed by atoms with van der Waals surface area (Å²) in [5.41, 5.74) is 0. The van der Waals surface area contributed by atoms with Gasteiger partial charge in [-0.3, -0.25) is 29.0 Å². The lowest BCUT2D eigenvalue weighted by atomic mass is 9.81. The summed E-state index contributed by atoms with van der Waals surface area (Å²) in [6.07, 6.45) is 8.82. The number of amides is 4. The summed E-state index contributed by atoms with van der Waals surface area (Å²) in [6.45, 7) is 0.849. The smallest absolute Gasteiger partial charge is 0.233 e. The summed E-state index contributed by atoms with van der Waals surface area (Å²) in [5.74, 6) is -0.388. The second-order valence-electron chi connectivity index (χ2n) is 8.36. The predicted molar refractivity (Wildman–Crippen MR) is 93.6 cm³/mol. The van der Waals surface area contributed by atoms with Crippen molar-refractivity contribution in [3.05, 3.63) is 0 Å². The van der Waals surface area contributed by atoms with Crippen LogP contribution >= 0.6 is 0 Å². The van der Waals surface area contributed by atoms with E-state index in [1.165, 1.54) is 9.80 Å². The maximum absolute atomic E-state index is 12.5. The molecule has 2 aliphatic carbocycles. The lowest BCUT2D eigenvalue weighted by Gasteiger charge is -2.19. The summed E-state index contributed by atoms with van der Waals surface area (Å²) < 4.78 is 0. The first-order chi connectivity index (χ1) is 12.6. The van der Waals surface area contributed by atoms with E-state index in [1.807, 2.05) is 0 Å². The van der Waals surface area contributed by atoms with Crippen molar-refractivity contribution in [1.82, 2.24) is 9.80 Å². The van der Waals surface area contributed by atoms with Crippen molar-refractivity contribution in [3.8, 4) is 0 Å². The SMILES string of the molecule is O=C1[C@H]2CCCC[C@H]2C(=O)N1CCCCN1C(=O)[C@H]2CCCC[C@H]2C1=O. The van der Waals surface area contributed by atoms with Gasteiger partial charge in [-0.25, -0.2) is 0 Å². The molecule has 0 bridgehead atoms. The number of carbonyl (C=O) groups excluding carboxylic acids is 4. The molecule has 4 rings (SSSR count). The number of hydrogen-bond donors (Lipinski definition) is 0. The van der Waals surface area contributed by atoms with Gasteiger partial charge in [-0.05, 0) is 38.5 Å². The molecule has 6 heteroatoms. The van der Waals surface area contributed by atoms with Crippen LogP contribution < -0.4 is 0 Å². The van der Waals surface area contributed by atoms with Crippen LogP contribution in [0.15, 0.2) is 0 Å². The molecule has 4 aliphatic rings. The van der Waals surface area contributed by atoms with E-state index in [0.717, 1.165) is 51.4 Å². The van der Waals surface area contributed by atoms with E-state index in [9.17, 15) is 19.2 Å². The molecule has 2 aliphatic heterocycles. The van der Waals surface area contributed by atoms with Crippen LogP contribution in [-0.2, 0) is 19.2 Å². The zero-order chi connectivity index (χ0) is 18.3. The summed E-state index contributed by atoms with van der Waals surface area (Å²) in [6, 6.07) is 0. The van der Waals surface area contributed by atoms with Crippen molar-refractivity contribution >= 4 is 23.6 Å². The van der Waals surface area contributed by atoms with Crippen LogP contribution in [0.4, 0.5) is 0 Å². The predicted octanol–water partition coefficient (Wildman–Crippen LogP) is 2.12. The minimum absolute atomic E-state index is 0.000884. The minimum Gasteiger partial charge on any atom is -0.282 e. The highest BCUT2D eigenvalue weighted by atomic mass is 16.2. The van der Waals surface area contributed by atoms with Gasteiger partial charge in [-0.1, -0.05) is 25.7 Å². The zero-order valence-corrected chi connectivity index (χ0v) is 15.3. The zero-order valence-electron chi connectivity index (χ0n) is 15.3. The summed E-state index contributed by atoms with van der Waals surface area (Å²) in [7, 11) is 0. The Morgan fingerprint density at radius 3 is 1.08 bits per heavy atom. The molecule has 2 saturated heterocycles. The Kier molecular flexibility index (Phi) is 4.84.